The molecule has 0 amide bonds. The van der Waals surface area contributed by atoms with Crippen molar-refractivity contribution >= 4 is 19.0 Å². The molecule has 0 aliphatic heterocycles. The number of pyridine rings is 1. The molecule has 0 saturated heterocycles. The Labute approximate surface area is 59.9 Å². The first-order valence-electron chi connectivity index (χ1n) is 3.11. The number of hydrogen-bond acceptors (Lipinski definition) is 0. The number of rotatable bonds is 0. The van der Waals surface area contributed by atoms with Gasteiger partial charge in [-0.2, -0.15) is 0 Å². The van der Waals surface area contributed by atoms with Crippen LogP contribution in [0.15, 0.2) is 30.6 Å². The van der Waals surface area contributed by atoms with Gasteiger partial charge in [-0.3, -0.25) is 13.0 Å². The summed E-state index contributed by atoms with van der Waals surface area (Å²) >= 11 is 0. The Kier molecular flexibility index (Phi) is 1.03. The molecular weight excluding hydrogens is 123 g/mol. The lowest BCUT2D eigenvalue weighted by Crippen LogP contribution is -2.31. The summed E-state index contributed by atoms with van der Waals surface area (Å²) in [7, 11) is 5.59. The van der Waals surface area contributed by atoms with Crippen molar-refractivity contribution in [2.45, 2.75) is 0 Å². The Balaban J connectivity index is 2.95. The van der Waals surface area contributed by atoms with Crippen LogP contribution < -0.4 is 4.48 Å². The molecule has 2 aromatic heterocycles. The molecule has 2 rings (SSSR count). The van der Waals surface area contributed by atoms with E-state index in [0.29, 0.717) is 0 Å². The predicted octanol–water partition coefficient (Wildman–Crippen LogP) is 0.387. The normalized spacial score (nSPS) is 10.5. The third-order valence-corrected chi connectivity index (χ3v) is 1.54. The van der Waals surface area contributed by atoms with Crippen molar-refractivity contribution in [2.75, 3.05) is 0 Å². The van der Waals surface area contributed by atoms with Crippen molar-refractivity contribution in [3.8, 4) is 0 Å². The maximum absolute atomic E-state index is 5.59. The zero-order valence-electron chi connectivity index (χ0n) is 5.41. The van der Waals surface area contributed by atoms with Crippen LogP contribution >= 0.6 is 0 Å². The summed E-state index contributed by atoms with van der Waals surface area (Å²) in [4.78, 5) is 3.03. The molecule has 0 aliphatic rings. The summed E-state index contributed by atoms with van der Waals surface area (Å²) in [6.07, 6.45) is 3.67. The monoisotopic (exact) mass is 129 g/mol. The number of aromatic nitrogens is 2. The Bertz CT molecular complexity index is 353. The Morgan fingerprint density at radius 1 is 1.40 bits per heavy atom. The second-order valence-corrected chi connectivity index (χ2v) is 2.20. The Morgan fingerprint density at radius 3 is 3.10 bits per heavy atom. The summed E-state index contributed by atoms with van der Waals surface area (Å²) in [6.45, 7) is 0. The van der Waals surface area contributed by atoms with Crippen LogP contribution in [0.3, 0.4) is 0 Å². The van der Waals surface area contributed by atoms with Crippen LogP contribution in [0.2, 0.25) is 0 Å². The van der Waals surface area contributed by atoms with Crippen molar-refractivity contribution in [3.05, 3.63) is 30.6 Å². The number of hydrogen-bond donors (Lipinski definition) is 1. The summed E-state index contributed by atoms with van der Waals surface area (Å²) < 4.78 is 1.56. The SMILES string of the molecule is [B-][n+]1cccc2cc[nH]c21. The van der Waals surface area contributed by atoms with Crippen molar-refractivity contribution < 1.29 is 4.48 Å². The molecule has 0 atom stereocenters. The third-order valence-electron chi connectivity index (χ3n) is 1.54. The fourth-order valence-electron chi connectivity index (χ4n) is 1.04. The molecule has 0 aromatic carbocycles. The molecule has 47 valence electrons. The van der Waals surface area contributed by atoms with Gasteiger partial charge in [-0.1, -0.05) is 0 Å². The lowest BCUT2D eigenvalue weighted by Gasteiger charge is -2.04. The van der Waals surface area contributed by atoms with E-state index in [1.54, 1.807) is 10.7 Å². The molecule has 3 heteroatoms. The van der Waals surface area contributed by atoms with Gasteiger partial charge in [0.05, 0.1) is 11.6 Å². The molecular formula is C7H6BN2. The zero-order chi connectivity index (χ0) is 6.97. The fraction of sp³-hybridized carbons (Fsp3) is 0. The standard InChI is InChI=1S/C7H6BN2/c8-10-5-1-2-6-3-4-9-7(6)10/h1-5,9H. The average molecular weight is 129 g/mol. The second kappa shape index (κ2) is 1.87. The maximum Gasteiger partial charge on any atom is 0.231 e. The van der Waals surface area contributed by atoms with Gasteiger partial charge in [-0.25, -0.2) is 0 Å². The van der Waals surface area contributed by atoms with Crippen LogP contribution in [0.5, 0.6) is 0 Å². The molecule has 1 N–H and O–H groups in total. The van der Waals surface area contributed by atoms with Gasteiger partial charge in [0.1, 0.15) is 0 Å². The minimum atomic E-state index is 0.947. The smallest absolute Gasteiger partial charge is 0.231 e. The van der Waals surface area contributed by atoms with E-state index in [0.717, 1.165) is 11.0 Å². The highest BCUT2D eigenvalue weighted by molar-refractivity contribution is 5.97. The molecule has 0 saturated carbocycles. The van der Waals surface area contributed by atoms with Crippen LogP contribution in [-0.2, 0) is 0 Å². The van der Waals surface area contributed by atoms with Crippen LogP contribution in [0, 0.1) is 0 Å². The van der Waals surface area contributed by atoms with Crippen molar-refractivity contribution in [3.63, 3.8) is 0 Å². The molecule has 0 unspecified atom stereocenters. The molecule has 0 fully saturated rings. The molecule has 10 heavy (non-hydrogen) atoms. The highest BCUT2D eigenvalue weighted by Gasteiger charge is 1.94. The van der Waals surface area contributed by atoms with E-state index in [2.05, 4.69) is 4.98 Å². The lowest BCUT2D eigenvalue weighted by atomic mass is 10.3. The van der Waals surface area contributed by atoms with Gasteiger partial charge >= 0.3 is 0 Å². The zero-order valence-corrected chi connectivity index (χ0v) is 5.41. The molecule has 0 spiro atoms. The molecule has 0 aliphatic carbocycles. The average Bonchev–Trinajstić information content (AvgIpc) is 2.36. The van der Waals surface area contributed by atoms with E-state index in [-0.39, 0.29) is 0 Å². The Morgan fingerprint density at radius 2 is 2.30 bits per heavy atom. The summed E-state index contributed by atoms with van der Waals surface area (Å²) in [5, 5.41) is 1.13. The van der Waals surface area contributed by atoms with E-state index in [9.17, 15) is 0 Å². The van der Waals surface area contributed by atoms with E-state index in [1.165, 1.54) is 0 Å². The van der Waals surface area contributed by atoms with Gasteiger partial charge in [0, 0.05) is 6.20 Å². The van der Waals surface area contributed by atoms with Crippen LogP contribution in [0.25, 0.3) is 11.0 Å². The minimum Gasteiger partial charge on any atom is -0.531 e. The van der Waals surface area contributed by atoms with Gasteiger partial charge < -0.3 is 4.48 Å². The number of nitrogens with zero attached hydrogens (tertiary/aromatic N) is 1. The van der Waals surface area contributed by atoms with Gasteiger partial charge in [0.25, 0.3) is 0 Å². The van der Waals surface area contributed by atoms with Gasteiger partial charge in [-0.05, 0) is 18.2 Å². The summed E-state index contributed by atoms with van der Waals surface area (Å²) in [6, 6.07) is 5.91. The second-order valence-electron chi connectivity index (χ2n) is 2.20. The van der Waals surface area contributed by atoms with Crippen molar-refractivity contribution in [1.29, 1.82) is 0 Å². The van der Waals surface area contributed by atoms with E-state index in [4.69, 9.17) is 7.98 Å². The van der Waals surface area contributed by atoms with Crippen molar-refractivity contribution in [1.82, 2.24) is 4.98 Å². The topological polar surface area (TPSA) is 19.7 Å². The predicted molar refractivity (Wildman–Crippen MR) is 39.6 cm³/mol. The first-order chi connectivity index (χ1) is 4.88. The highest BCUT2D eigenvalue weighted by atomic mass is 14.9. The molecule has 2 nitrogen and oxygen atoms in total. The van der Waals surface area contributed by atoms with Gasteiger partial charge in [-0.15, -0.1) is 0 Å². The molecule has 0 bridgehead atoms. The summed E-state index contributed by atoms with van der Waals surface area (Å²) in [5.74, 6) is 0. The molecule has 3 radical (unpaired) electrons. The first-order valence-corrected chi connectivity index (χ1v) is 3.11. The van der Waals surface area contributed by atoms with Crippen LogP contribution in [0.4, 0.5) is 0 Å². The van der Waals surface area contributed by atoms with E-state index in [1.807, 2.05) is 24.4 Å². The first kappa shape index (κ1) is 5.53. The quantitative estimate of drug-likeness (QED) is 0.496. The fourth-order valence-corrected chi connectivity index (χ4v) is 1.04. The lowest BCUT2D eigenvalue weighted by molar-refractivity contribution is -0.493. The number of aromatic amines is 1. The van der Waals surface area contributed by atoms with Gasteiger partial charge in [0.15, 0.2) is 0 Å². The molecule has 2 aromatic rings. The van der Waals surface area contributed by atoms with Gasteiger partial charge in [0.2, 0.25) is 5.65 Å². The largest absolute Gasteiger partial charge is 0.531 e. The summed E-state index contributed by atoms with van der Waals surface area (Å²) in [5.41, 5.74) is 0.947. The van der Waals surface area contributed by atoms with Crippen LogP contribution in [0.1, 0.15) is 0 Å². The van der Waals surface area contributed by atoms with Crippen molar-refractivity contribution in [2.24, 2.45) is 0 Å². The van der Waals surface area contributed by atoms with E-state index >= 15 is 0 Å². The molecule has 2 heterocycles. The van der Waals surface area contributed by atoms with Crippen LogP contribution in [-0.4, -0.2) is 13.0 Å². The minimum absolute atomic E-state index is 0.947. The van der Waals surface area contributed by atoms with E-state index < -0.39 is 0 Å². The number of H-pyrrole nitrogens is 1. The highest BCUT2D eigenvalue weighted by Crippen LogP contribution is 2.04. The number of nitrogens with one attached hydrogen (secondary N) is 1. The third kappa shape index (κ3) is 0.636. The number of fused-ring (bicyclic) bond motifs is 1. The maximum atomic E-state index is 5.59. The Hall–Kier alpha value is -1.25.